The molecule has 1 saturated heterocycles. The number of piperidine rings is 1. The van der Waals surface area contributed by atoms with Gasteiger partial charge >= 0.3 is 6.36 Å². The molecule has 242 valence electrons. The molecule has 0 spiro atoms. The summed E-state index contributed by atoms with van der Waals surface area (Å²) in [6.07, 6.45) is -2.59. The standard InChI is InChI=1S/C29H31F3N4O7S2/c30-29(31,32)43-23-4-2-1-3-20(23)25(33)21(26(37)17-5-6-17)16-42-19-9-12-36(13-10-19)28-35-22-8-7-18(15-24(22)44-28)27(38)34-11-14-45(39,40)41/h1-4,7-8,15,17,19,21,33H,5-6,9-14,16H2,(H,34,38)(H,39,40,41). The van der Waals surface area contributed by atoms with Gasteiger partial charge in [-0.3, -0.25) is 14.1 Å². The lowest BCUT2D eigenvalue weighted by atomic mass is 9.90. The number of hydrogen-bond donors (Lipinski definition) is 3. The average Bonchev–Trinajstić information content (AvgIpc) is 3.74. The molecule has 1 amide bonds. The monoisotopic (exact) mass is 668 g/mol. The second kappa shape index (κ2) is 13.4. The molecule has 1 saturated carbocycles. The highest BCUT2D eigenvalue weighted by atomic mass is 32.2. The Balaban J connectivity index is 1.19. The van der Waals surface area contributed by atoms with Gasteiger partial charge in [-0.15, -0.1) is 13.2 Å². The number of halogens is 3. The number of rotatable bonds is 13. The molecule has 1 aliphatic heterocycles. The third-order valence-corrected chi connectivity index (χ3v) is 9.37. The number of alkyl halides is 3. The van der Waals surface area contributed by atoms with Crippen LogP contribution in [-0.2, 0) is 19.6 Å². The second-order valence-corrected chi connectivity index (χ2v) is 13.5. The number of nitrogens with zero attached hydrogens (tertiary/aromatic N) is 2. The van der Waals surface area contributed by atoms with Crippen LogP contribution >= 0.6 is 11.3 Å². The molecule has 1 atom stereocenters. The van der Waals surface area contributed by atoms with Crippen molar-refractivity contribution in [1.82, 2.24) is 10.3 Å². The molecule has 2 aromatic carbocycles. The molecule has 16 heteroatoms. The first-order chi connectivity index (χ1) is 21.3. The molecule has 5 rings (SSSR count). The van der Waals surface area contributed by atoms with Crippen LogP contribution in [0.25, 0.3) is 10.2 Å². The minimum Gasteiger partial charge on any atom is -0.405 e. The Bertz CT molecular complexity index is 1680. The van der Waals surface area contributed by atoms with Crippen LogP contribution in [0.15, 0.2) is 42.5 Å². The van der Waals surface area contributed by atoms with Crippen molar-refractivity contribution in [3.8, 4) is 5.75 Å². The summed E-state index contributed by atoms with van der Waals surface area (Å²) in [5.41, 5.74) is 0.665. The van der Waals surface area contributed by atoms with Gasteiger partial charge < -0.3 is 25.1 Å². The number of fused-ring (bicyclic) bond motifs is 1. The fraction of sp³-hybridized carbons (Fsp3) is 0.448. The average molecular weight is 669 g/mol. The van der Waals surface area contributed by atoms with Gasteiger partial charge in [-0.05, 0) is 56.0 Å². The van der Waals surface area contributed by atoms with Gasteiger partial charge in [-0.1, -0.05) is 23.5 Å². The van der Waals surface area contributed by atoms with Crippen LogP contribution in [0, 0.1) is 17.2 Å². The summed E-state index contributed by atoms with van der Waals surface area (Å²) in [5.74, 6) is -3.04. The normalized spacial score (nSPS) is 16.8. The molecule has 1 unspecified atom stereocenters. The number of Topliss-reactive ketones (excluding diaryl/α,β-unsaturated/α-hetero) is 1. The number of ketones is 1. The van der Waals surface area contributed by atoms with Crippen molar-refractivity contribution in [2.75, 3.05) is 36.9 Å². The fourth-order valence-corrected chi connectivity index (χ4v) is 6.50. The lowest BCUT2D eigenvalue weighted by Crippen LogP contribution is -2.39. The first-order valence-electron chi connectivity index (χ1n) is 14.3. The molecule has 2 aliphatic rings. The number of aromatic nitrogens is 1. The maximum atomic E-state index is 13.1. The molecule has 3 N–H and O–H groups in total. The van der Waals surface area contributed by atoms with E-state index < -0.39 is 39.8 Å². The zero-order valence-electron chi connectivity index (χ0n) is 23.9. The summed E-state index contributed by atoms with van der Waals surface area (Å²) in [6, 6.07) is 10.3. The van der Waals surface area contributed by atoms with Crippen LogP contribution in [0.4, 0.5) is 18.3 Å². The first-order valence-corrected chi connectivity index (χ1v) is 16.7. The summed E-state index contributed by atoms with van der Waals surface area (Å²) in [4.78, 5) is 32.2. The van der Waals surface area contributed by atoms with E-state index in [1.165, 1.54) is 29.5 Å². The minimum absolute atomic E-state index is 0.0955. The quantitative estimate of drug-likeness (QED) is 0.177. The van der Waals surface area contributed by atoms with E-state index in [-0.39, 0.29) is 42.2 Å². The van der Waals surface area contributed by atoms with Crippen molar-refractivity contribution in [2.24, 2.45) is 11.8 Å². The summed E-state index contributed by atoms with van der Waals surface area (Å²) in [6.45, 7) is 0.843. The number of ether oxygens (including phenoxy) is 2. The SMILES string of the molecule is N=C(c1ccccc1OC(F)(F)F)C(COC1CCN(c2nc3ccc(C(=O)NCCS(=O)(=O)O)cc3s2)CC1)C(=O)C1CC1. The number of anilines is 1. The summed E-state index contributed by atoms with van der Waals surface area (Å²) in [7, 11) is -4.19. The molecule has 1 aliphatic carbocycles. The van der Waals surface area contributed by atoms with Crippen LogP contribution in [-0.4, -0.2) is 79.8 Å². The smallest absolute Gasteiger partial charge is 0.405 e. The van der Waals surface area contributed by atoms with Crippen molar-refractivity contribution in [3.05, 3.63) is 53.6 Å². The lowest BCUT2D eigenvalue weighted by Gasteiger charge is -2.32. The topological polar surface area (TPSA) is 159 Å². The number of hydrogen-bond acceptors (Lipinski definition) is 10. The van der Waals surface area contributed by atoms with Gasteiger partial charge in [0.1, 0.15) is 11.5 Å². The number of amides is 1. The first kappa shape index (κ1) is 32.8. The van der Waals surface area contributed by atoms with E-state index in [1.807, 2.05) is 0 Å². The molecule has 11 nitrogen and oxygen atoms in total. The molecule has 45 heavy (non-hydrogen) atoms. The van der Waals surface area contributed by atoms with Crippen LogP contribution in [0.2, 0.25) is 0 Å². The minimum atomic E-state index is -4.94. The highest BCUT2D eigenvalue weighted by Crippen LogP contribution is 2.36. The predicted molar refractivity (Wildman–Crippen MR) is 161 cm³/mol. The van der Waals surface area contributed by atoms with Crippen LogP contribution in [0.3, 0.4) is 0 Å². The molecule has 0 radical (unpaired) electrons. The molecule has 2 fully saturated rings. The van der Waals surface area contributed by atoms with Gasteiger partial charge in [0.2, 0.25) is 0 Å². The van der Waals surface area contributed by atoms with E-state index >= 15 is 0 Å². The van der Waals surface area contributed by atoms with E-state index in [9.17, 15) is 31.2 Å². The Labute approximate surface area is 261 Å². The lowest BCUT2D eigenvalue weighted by molar-refractivity contribution is -0.274. The number of carbonyl (C=O) groups is 2. The molecular formula is C29H31F3N4O7S2. The van der Waals surface area contributed by atoms with Gasteiger partial charge in [0.15, 0.2) is 5.13 Å². The predicted octanol–water partition coefficient (Wildman–Crippen LogP) is 4.46. The highest BCUT2D eigenvalue weighted by molar-refractivity contribution is 7.85. The van der Waals surface area contributed by atoms with Crippen molar-refractivity contribution in [2.45, 2.75) is 38.1 Å². The van der Waals surface area contributed by atoms with Crippen LogP contribution in [0.1, 0.15) is 41.6 Å². The molecule has 3 aromatic rings. The molecule has 0 bridgehead atoms. The molecule has 2 heterocycles. The van der Waals surface area contributed by atoms with Crippen LogP contribution in [0.5, 0.6) is 5.75 Å². The van der Waals surface area contributed by atoms with Gasteiger partial charge in [0.25, 0.3) is 16.0 Å². The van der Waals surface area contributed by atoms with E-state index in [4.69, 9.17) is 14.7 Å². The zero-order valence-corrected chi connectivity index (χ0v) is 25.5. The summed E-state index contributed by atoms with van der Waals surface area (Å²) in [5, 5.41) is 11.9. The van der Waals surface area contributed by atoms with Gasteiger partial charge in [-0.2, -0.15) is 8.42 Å². The Morgan fingerprint density at radius 1 is 1.13 bits per heavy atom. The fourth-order valence-electron chi connectivity index (χ4n) is 5.08. The largest absolute Gasteiger partial charge is 0.573 e. The van der Waals surface area contributed by atoms with E-state index in [1.54, 1.807) is 18.2 Å². The van der Waals surface area contributed by atoms with Crippen molar-refractivity contribution in [3.63, 3.8) is 0 Å². The Kier molecular flexibility index (Phi) is 9.77. The third-order valence-electron chi connectivity index (χ3n) is 7.57. The number of benzene rings is 2. The Morgan fingerprint density at radius 2 is 1.84 bits per heavy atom. The second-order valence-electron chi connectivity index (χ2n) is 10.9. The van der Waals surface area contributed by atoms with Gasteiger partial charge in [-0.25, -0.2) is 4.98 Å². The summed E-state index contributed by atoms with van der Waals surface area (Å²) >= 11 is 1.40. The maximum absolute atomic E-state index is 13.1. The summed E-state index contributed by atoms with van der Waals surface area (Å²) < 4.78 is 80.5. The number of nitrogens with one attached hydrogen (secondary N) is 2. The molecular weight excluding hydrogens is 637 g/mol. The van der Waals surface area contributed by atoms with Crippen molar-refractivity contribution >= 4 is 54.2 Å². The zero-order chi connectivity index (χ0) is 32.4. The number of carbonyl (C=O) groups excluding carboxylic acids is 2. The Hall–Kier alpha value is -3.60. The van der Waals surface area contributed by atoms with Crippen molar-refractivity contribution < 1.29 is 45.2 Å². The maximum Gasteiger partial charge on any atom is 0.573 e. The highest BCUT2D eigenvalue weighted by Gasteiger charge is 2.39. The third kappa shape index (κ3) is 8.77. The molecule has 1 aromatic heterocycles. The van der Waals surface area contributed by atoms with E-state index in [0.29, 0.717) is 49.9 Å². The van der Waals surface area contributed by atoms with E-state index in [0.717, 1.165) is 15.9 Å². The number of thiazole rings is 1. The van der Waals surface area contributed by atoms with Crippen LogP contribution < -0.4 is 15.0 Å². The van der Waals surface area contributed by atoms with Crippen molar-refractivity contribution in [1.29, 1.82) is 5.41 Å². The van der Waals surface area contributed by atoms with E-state index in [2.05, 4.69) is 19.9 Å². The number of para-hydroxylation sites is 1. The Morgan fingerprint density at radius 3 is 2.51 bits per heavy atom. The van der Waals surface area contributed by atoms with Gasteiger partial charge in [0.05, 0.1) is 40.3 Å². The van der Waals surface area contributed by atoms with Gasteiger partial charge in [0, 0.05) is 36.7 Å².